The molecule has 1 atom stereocenters. The van der Waals surface area contributed by atoms with E-state index in [0.29, 0.717) is 13.0 Å². The van der Waals surface area contributed by atoms with Crippen molar-refractivity contribution in [2.24, 2.45) is 0 Å². The summed E-state index contributed by atoms with van der Waals surface area (Å²) in [5.41, 5.74) is -0.0143. The molecule has 0 aromatic carbocycles. The van der Waals surface area contributed by atoms with Gasteiger partial charge in [-0.2, -0.15) is 8.78 Å². The first-order valence-corrected chi connectivity index (χ1v) is 3.98. The Morgan fingerprint density at radius 3 is 2.67 bits per heavy atom. The van der Waals surface area contributed by atoms with Crippen LogP contribution < -0.4 is 0 Å². The topological polar surface area (TPSA) is 12.5 Å². The number of nitrogens with zero attached hydrogens (tertiary/aromatic N) is 1. The molecule has 68 valence electrons. The summed E-state index contributed by atoms with van der Waals surface area (Å²) < 4.78 is 28.1. The van der Waals surface area contributed by atoms with Gasteiger partial charge in [0.2, 0.25) is 0 Å². The van der Waals surface area contributed by atoms with Crippen LogP contribution in [0.1, 0.15) is 6.42 Å². The average Bonchev–Trinajstić information content (AvgIpc) is 2.60. The van der Waals surface area contributed by atoms with Gasteiger partial charge < -0.3 is 4.74 Å². The lowest BCUT2D eigenvalue weighted by Gasteiger charge is -2.16. The van der Waals surface area contributed by atoms with Crippen LogP contribution in [0.4, 0.5) is 8.78 Å². The van der Waals surface area contributed by atoms with Crippen LogP contribution in [0.25, 0.3) is 0 Å². The predicted octanol–water partition coefficient (Wildman–Crippen LogP) is 1.24. The molecule has 4 heteroatoms. The molecule has 1 heterocycles. The van der Waals surface area contributed by atoms with E-state index in [1.54, 1.807) is 0 Å². The lowest BCUT2D eigenvalue weighted by atomic mass is 10.1. The number of halogens is 2. The largest absolute Gasteiger partial charge is 0.345 e. The molecule has 0 aromatic heterocycles. The first kappa shape index (κ1) is 8.13. The predicted molar refractivity (Wildman–Crippen MR) is 40.0 cm³/mol. The van der Waals surface area contributed by atoms with Crippen LogP contribution in [0.2, 0.25) is 0 Å². The fourth-order valence-corrected chi connectivity index (χ4v) is 1.78. The van der Waals surface area contributed by atoms with E-state index < -0.39 is 6.61 Å². The number of hydrogen-bond donors (Lipinski definition) is 0. The third-order valence-corrected chi connectivity index (χ3v) is 2.59. The molecule has 1 aliphatic carbocycles. The van der Waals surface area contributed by atoms with Gasteiger partial charge in [0, 0.05) is 13.0 Å². The quantitative estimate of drug-likeness (QED) is 0.585. The molecule has 1 unspecified atom stereocenters. The van der Waals surface area contributed by atoms with Crippen LogP contribution in [0.3, 0.4) is 0 Å². The second-order valence-electron chi connectivity index (χ2n) is 3.43. The van der Waals surface area contributed by atoms with Gasteiger partial charge in [-0.25, -0.2) is 0 Å². The van der Waals surface area contributed by atoms with Gasteiger partial charge in [-0.05, 0) is 7.05 Å². The Bertz CT molecular complexity index is 211. The highest BCUT2D eigenvalue weighted by molar-refractivity contribution is 5.36. The number of likely N-dealkylation sites (tertiary alicyclic amines) is 1. The SMILES string of the molecule is CN1CC(OC(F)F)CC12C=C2. The third-order valence-electron chi connectivity index (χ3n) is 2.59. The van der Waals surface area contributed by atoms with E-state index in [2.05, 4.69) is 4.74 Å². The molecule has 1 saturated heterocycles. The van der Waals surface area contributed by atoms with E-state index in [-0.39, 0.29) is 11.6 Å². The summed E-state index contributed by atoms with van der Waals surface area (Å²) in [6.45, 7) is -2.05. The molecule has 12 heavy (non-hydrogen) atoms. The zero-order valence-electron chi connectivity index (χ0n) is 6.84. The molecule has 2 rings (SSSR count). The van der Waals surface area contributed by atoms with Crippen molar-refractivity contribution < 1.29 is 13.5 Å². The Labute approximate surface area is 69.8 Å². The van der Waals surface area contributed by atoms with Crippen molar-refractivity contribution >= 4 is 0 Å². The Morgan fingerprint density at radius 1 is 1.58 bits per heavy atom. The summed E-state index contributed by atoms with van der Waals surface area (Å²) in [4.78, 5) is 2.04. The van der Waals surface area contributed by atoms with E-state index in [1.807, 2.05) is 24.1 Å². The molecule has 0 bridgehead atoms. The van der Waals surface area contributed by atoms with Crippen LogP contribution in [-0.2, 0) is 4.74 Å². The lowest BCUT2D eigenvalue weighted by molar-refractivity contribution is -0.158. The molecule has 0 saturated carbocycles. The Balaban J connectivity index is 1.89. The molecule has 1 fully saturated rings. The summed E-state index contributed by atoms with van der Waals surface area (Å²) in [5, 5.41) is 0. The van der Waals surface area contributed by atoms with E-state index in [4.69, 9.17) is 0 Å². The number of rotatable bonds is 2. The smallest absolute Gasteiger partial charge is 0.318 e. The highest BCUT2D eigenvalue weighted by Gasteiger charge is 2.47. The van der Waals surface area contributed by atoms with E-state index in [0.717, 1.165) is 0 Å². The Morgan fingerprint density at radius 2 is 2.25 bits per heavy atom. The second-order valence-corrected chi connectivity index (χ2v) is 3.43. The highest BCUT2D eigenvalue weighted by atomic mass is 19.3. The molecule has 0 radical (unpaired) electrons. The molecule has 1 aliphatic heterocycles. The maximum Gasteiger partial charge on any atom is 0.345 e. The van der Waals surface area contributed by atoms with Crippen molar-refractivity contribution in [1.29, 1.82) is 0 Å². The zero-order valence-corrected chi connectivity index (χ0v) is 6.84. The van der Waals surface area contributed by atoms with Crippen molar-refractivity contribution in [3.8, 4) is 0 Å². The van der Waals surface area contributed by atoms with Crippen LogP contribution in [-0.4, -0.2) is 36.7 Å². The maximum atomic E-state index is 11.8. The summed E-state index contributed by atoms with van der Waals surface area (Å²) in [7, 11) is 1.93. The molecule has 0 amide bonds. The van der Waals surface area contributed by atoms with Crippen LogP contribution in [0.15, 0.2) is 12.2 Å². The highest BCUT2D eigenvalue weighted by Crippen LogP contribution is 2.41. The maximum absolute atomic E-state index is 11.8. The fourth-order valence-electron chi connectivity index (χ4n) is 1.78. The van der Waals surface area contributed by atoms with Gasteiger partial charge in [-0.1, -0.05) is 12.2 Å². The summed E-state index contributed by atoms with van der Waals surface area (Å²) >= 11 is 0. The van der Waals surface area contributed by atoms with Crippen molar-refractivity contribution in [3.63, 3.8) is 0 Å². The minimum atomic E-state index is -2.64. The molecule has 2 aliphatic rings. The lowest BCUT2D eigenvalue weighted by Crippen LogP contribution is -2.28. The van der Waals surface area contributed by atoms with E-state index >= 15 is 0 Å². The van der Waals surface area contributed by atoms with Gasteiger partial charge in [0.15, 0.2) is 0 Å². The van der Waals surface area contributed by atoms with Gasteiger partial charge in [0.1, 0.15) is 0 Å². The van der Waals surface area contributed by atoms with Crippen LogP contribution in [0, 0.1) is 0 Å². The van der Waals surface area contributed by atoms with E-state index in [1.165, 1.54) is 0 Å². The Hall–Kier alpha value is -0.480. The van der Waals surface area contributed by atoms with Gasteiger partial charge in [0.25, 0.3) is 0 Å². The number of ether oxygens (including phenoxy) is 1. The standard InChI is InChI=1S/C8H11F2NO/c1-11-5-6(12-7(9)10)4-8(11)2-3-8/h2-3,6-7H,4-5H2,1H3. The van der Waals surface area contributed by atoms with Gasteiger partial charge in [-0.15, -0.1) is 0 Å². The zero-order chi connectivity index (χ0) is 8.77. The monoisotopic (exact) mass is 175 g/mol. The summed E-state index contributed by atoms with van der Waals surface area (Å²) in [6, 6.07) is 0. The van der Waals surface area contributed by atoms with Crippen molar-refractivity contribution in [3.05, 3.63) is 12.2 Å². The number of likely N-dealkylation sites (N-methyl/N-ethyl adjacent to an activating group) is 1. The first-order chi connectivity index (χ1) is 5.62. The average molecular weight is 175 g/mol. The molecule has 0 N–H and O–H groups in total. The molecule has 2 nitrogen and oxygen atoms in total. The van der Waals surface area contributed by atoms with Gasteiger partial charge in [-0.3, -0.25) is 4.90 Å². The second kappa shape index (κ2) is 2.50. The molecule has 1 spiro atoms. The number of alkyl halides is 2. The van der Waals surface area contributed by atoms with E-state index in [9.17, 15) is 8.78 Å². The molecule has 0 aromatic rings. The van der Waals surface area contributed by atoms with Crippen LogP contribution in [0.5, 0.6) is 0 Å². The minimum Gasteiger partial charge on any atom is -0.318 e. The fraction of sp³-hybridized carbons (Fsp3) is 0.750. The summed E-state index contributed by atoms with van der Waals surface area (Å²) in [6.07, 6.45) is 4.42. The number of hydrogen-bond acceptors (Lipinski definition) is 2. The minimum absolute atomic E-state index is 0.0143. The third kappa shape index (κ3) is 1.25. The molecular weight excluding hydrogens is 164 g/mol. The van der Waals surface area contributed by atoms with Crippen molar-refractivity contribution in [1.82, 2.24) is 4.90 Å². The summed E-state index contributed by atoms with van der Waals surface area (Å²) in [5.74, 6) is 0. The van der Waals surface area contributed by atoms with Crippen molar-refractivity contribution in [2.45, 2.75) is 24.7 Å². The van der Waals surface area contributed by atoms with Gasteiger partial charge >= 0.3 is 6.61 Å². The normalized spacial score (nSPS) is 32.2. The molecular formula is C8H11F2NO. The first-order valence-electron chi connectivity index (χ1n) is 3.98. The van der Waals surface area contributed by atoms with Crippen LogP contribution >= 0.6 is 0 Å². The van der Waals surface area contributed by atoms with Gasteiger partial charge in [0.05, 0.1) is 11.6 Å². The van der Waals surface area contributed by atoms with Crippen molar-refractivity contribution in [2.75, 3.05) is 13.6 Å². The Kier molecular flexibility index (Phi) is 1.70.